The highest BCUT2D eigenvalue weighted by atomic mass is 16.5. The fourth-order valence-corrected chi connectivity index (χ4v) is 2.19. The molecule has 1 unspecified atom stereocenters. The highest BCUT2D eigenvalue weighted by molar-refractivity contribution is 5.79. The Kier molecular flexibility index (Phi) is 5.36. The molecule has 0 aromatic rings. The van der Waals surface area contributed by atoms with E-state index in [-0.39, 0.29) is 5.92 Å². The average molecular weight is 245 g/mol. The molecule has 5 nitrogen and oxygen atoms in total. The van der Waals surface area contributed by atoms with Gasteiger partial charge >= 0.3 is 5.97 Å². The second-order valence-electron chi connectivity index (χ2n) is 4.70. The van der Waals surface area contributed by atoms with Crippen LogP contribution in [0.5, 0.6) is 0 Å². The summed E-state index contributed by atoms with van der Waals surface area (Å²) in [6, 6.07) is 0. The Balaban J connectivity index is 2.72. The van der Waals surface area contributed by atoms with Crippen LogP contribution in [0.3, 0.4) is 0 Å². The Labute approximate surface area is 103 Å². The molecule has 1 N–H and O–H groups in total. The fourth-order valence-electron chi connectivity index (χ4n) is 2.19. The molecule has 1 aliphatic rings. The number of methoxy groups -OCH3 is 2. The molecule has 0 radical (unpaired) electrons. The summed E-state index contributed by atoms with van der Waals surface area (Å²) >= 11 is 0. The molecular weight excluding hydrogens is 222 g/mol. The average Bonchev–Trinajstić information content (AvgIpc) is 3.12. The minimum absolute atomic E-state index is 0.258. The molecule has 0 heterocycles. The van der Waals surface area contributed by atoms with E-state index in [4.69, 9.17) is 9.47 Å². The smallest absolute Gasteiger partial charge is 0.324 e. The maximum absolute atomic E-state index is 11.5. The largest absolute Gasteiger partial charge is 0.480 e. The van der Waals surface area contributed by atoms with Crippen molar-refractivity contribution in [2.75, 3.05) is 40.5 Å². The zero-order chi connectivity index (χ0) is 12.9. The third kappa shape index (κ3) is 3.40. The van der Waals surface area contributed by atoms with Gasteiger partial charge in [0.25, 0.3) is 0 Å². The number of aliphatic carboxylic acids is 1. The van der Waals surface area contributed by atoms with Crippen LogP contribution in [0.4, 0.5) is 0 Å². The number of rotatable bonds is 9. The molecule has 1 rings (SSSR count). The second-order valence-corrected chi connectivity index (χ2v) is 4.70. The second kappa shape index (κ2) is 6.33. The number of carboxylic acids is 1. The first kappa shape index (κ1) is 14.4. The summed E-state index contributed by atoms with van der Waals surface area (Å²) in [5.41, 5.74) is -0.781. The minimum Gasteiger partial charge on any atom is -0.480 e. The van der Waals surface area contributed by atoms with Gasteiger partial charge < -0.3 is 14.6 Å². The lowest BCUT2D eigenvalue weighted by Crippen LogP contribution is -2.56. The Bertz CT molecular complexity index is 247. The molecule has 0 aromatic heterocycles. The van der Waals surface area contributed by atoms with Crippen LogP contribution in [0, 0.1) is 5.92 Å². The predicted octanol–water partition coefficient (Wildman–Crippen LogP) is 0.835. The van der Waals surface area contributed by atoms with Gasteiger partial charge in [0.1, 0.15) is 5.54 Å². The normalized spacial score (nSPS) is 19.3. The van der Waals surface area contributed by atoms with Gasteiger partial charge in [0.15, 0.2) is 0 Å². The van der Waals surface area contributed by atoms with Crippen LogP contribution >= 0.6 is 0 Å². The van der Waals surface area contributed by atoms with Gasteiger partial charge in [-0.05, 0) is 25.7 Å². The summed E-state index contributed by atoms with van der Waals surface area (Å²) in [4.78, 5) is 13.5. The van der Waals surface area contributed by atoms with Crippen LogP contribution in [-0.2, 0) is 14.3 Å². The molecule has 5 heteroatoms. The zero-order valence-electron chi connectivity index (χ0n) is 10.9. The van der Waals surface area contributed by atoms with Crippen molar-refractivity contribution >= 4 is 5.97 Å². The van der Waals surface area contributed by atoms with E-state index < -0.39 is 11.5 Å². The molecule has 0 aliphatic heterocycles. The molecule has 1 fully saturated rings. The van der Waals surface area contributed by atoms with Gasteiger partial charge in [-0.2, -0.15) is 0 Å². The summed E-state index contributed by atoms with van der Waals surface area (Å²) in [6.45, 7) is 4.15. The molecule has 0 amide bonds. The van der Waals surface area contributed by atoms with Crippen LogP contribution in [0.1, 0.15) is 19.8 Å². The van der Waals surface area contributed by atoms with Crippen LogP contribution in [-0.4, -0.2) is 62.0 Å². The number of carboxylic acid groups (broad SMARTS) is 1. The molecule has 0 saturated heterocycles. The molecule has 1 saturated carbocycles. The Morgan fingerprint density at radius 1 is 1.29 bits per heavy atom. The summed E-state index contributed by atoms with van der Waals surface area (Å²) in [5, 5.41) is 9.49. The Hall–Kier alpha value is -0.650. The lowest BCUT2D eigenvalue weighted by Gasteiger charge is -2.38. The standard InChI is InChI=1S/C12H23NO4/c1-12(11(14)15,10-4-5-10)13(6-8-16-2)7-9-17-3/h10H,4-9H2,1-3H3,(H,14,15). The number of nitrogens with zero attached hydrogens (tertiary/aromatic N) is 1. The SMILES string of the molecule is COCCN(CCOC)C(C)(C(=O)O)C1CC1. The highest BCUT2D eigenvalue weighted by Crippen LogP contribution is 2.43. The number of carbonyl (C=O) groups is 1. The fraction of sp³-hybridized carbons (Fsp3) is 0.917. The highest BCUT2D eigenvalue weighted by Gasteiger charge is 2.51. The van der Waals surface area contributed by atoms with Gasteiger partial charge in [0, 0.05) is 27.3 Å². The van der Waals surface area contributed by atoms with Crippen molar-refractivity contribution in [2.45, 2.75) is 25.3 Å². The summed E-state index contributed by atoms with van der Waals surface area (Å²) in [7, 11) is 3.26. The molecular formula is C12H23NO4. The first-order valence-corrected chi connectivity index (χ1v) is 6.03. The van der Waals surface area contributed by atoms with Gasteiger partial charge in [-0.1, -0.05) is 0 Å². The summed E-state index contributed by atoms with van der Waals surface area (Å²) in [5.74, 6) is -0.485. The van der Waals surface area contributed by atoms with E-state index in [1.54, 1.807) is 14.2 Å². The minimum atomic E-state index is -0.781. The van der Waals surface area contributed by atoms with E-state index in [2.05, 4.69) is 0 Å². The first-order valence-electron chi connectivity index (χ1n) is 6.03. The Morgan fingerprint density at radius 3 is 2.06 bits per heavy atom. The van der Waals surface area contributed by atoms with Crippen LogP contribution in [0.25, 0.3) is 0 Å². The van der Waals surface area contributed by atoms with Gasteiger partial charge in [-0.15, -0.1) is 0 Å². The van der Waals surface area contributed by atoms with Crippen molar-refractivity contribution in [3.63, 3.8) is 0 Å². The quantitative estimate of drug-likeness (QED) is 0.652. The van der Waals surface area contributed by atoms with Gasteiger partial charge in [-0.25, -0.2) is 0 Å². The number of ether oxygens (including phenoxy) is 2. The Morgan fingerprint density at radius 2 is 1.76 bits per heavy atom. The first-order chi connectivity index (χ1) is 8.07. The van der Waals surface area contributed by atoms with Crippen molar-refractivity contribution in [3.05, 3.63) is 0 Å². The van der Waals surface area contributed by atoms with Gasteiger partial charge in [-0.3, -0.25) is 9.69 Å². The predicted molar refractivity (Wildman–Crippen MR) is 64.1 cm³/mol. The molecule has 0 spiro atoms. The van der Waals surface area contributed by atoms with Crippen LogP contribution in [0.2, 0.25) is 0 Å². The van der Waals surface area contributed by atoms with E-state index >= 15 is 0 Å². The van der Waals surface area contributed by atoms with Crippen LogP contribution in [0.15, 0.2) is 0 Å². The monoisotopic (exact) mass is 245 g/mol. The van der Waals surface area contributed by atoms with Gasteiger partial charge in [0.2, 0.25) is 0 Å². The molecule has 1 aliphatic carbocycles. The maximum atomic E-state index is 11.5. The third-order valence-corrected chi connectivity index (χ3v) is 3.59. The van der Waals surface area contributed by atoms with Gasteiger partial charge in [0.05, 0.1) is 13.2 Å². The van der Waals surface area contributed by atoms with E-state index in [9.17, 15) is 9.90 Å². The summed E-state index contributed by atoms with van der Waals surface area (Å²) < 4.78 is 10.1. The van der Waals surface area contributed by atoms with Crippen molar-refractivity contribution < 1.29 is 19.4 Å². The van der Waals surface area contributed by atoms with E-state index in [1.807, 2.05) is 11.8 Å². The lowest BCUT2D eigenvalue weighted by molar-refractivity contribution is -0.153. The third-order valence-electron chi connectivity index (χ3n) is 3.59. The number of hydrogen-bond acceptors (Lipinski definition) is 4. The van der Waals surface area contributed by atoms with E-state index in [1.165, 1.54) is 0 Å². The molecule has 1 atom stereocenters. The topological polar surface area (TPSA) is 59.0 Å². The van der Waals surface area contributed by atoms with E-state index in [0.29, 0.717) is 26.3 Å². The van der Waals surface area contributed by atoms with Crippen molar-refractivity contribution in [2.24, 2.45) is 5.92 Å². The molecule has 0 aromatic carbocycles. The van der Waals surface area contributed by atoms with E-state index in [0.717, 1.165) is 12.8 Å². The zero-order valence-corrected chi connectivity index (χ0v) is 10.9. The maximum Gasteiger partial charge on any atom is 0.324 e. The molecule has 0 bridgehead atoms. The lowest BCUT2D eigenvalue weighted by atomic mass is 9.93. The van der Waals surface area contributed by atoms with Crippen molar-refractivity contribution in [1.29, 1.82) is 0 Å². The van der Waals surface area contributed by atoms with Crippen molar-refractivity contribution in [1.82, 2.24) is 4.90 Å². The molecule has 100 valence electrons. The van der Waals surface area contributed by atoms with Crippen molar-refractivity contribution in [3.8, 4) is 0 Å². The number of hydrogen-bond donors (Lipinski definition) is 1. The summed E-state index contributed by atoms with van der Waals surface area (Å²) in [6.07, 6.45) is 2.00. The molecule has 17 heavy (non-hydrogen) atoms. The van der Waals surface area contributed by atoms with Crippen LogP contribution < -0.4 is 0 Å².